The second-order valence-electron chi connectivity index (χ2n) is 7.14. The SMILES string of the molecule is CC.CCOC(=O)Cc1c(C)c(C)c2c(c1C)CC(=O)N(CC(C)C)C2. The smallest absolute Gasteiger partial charge is 0.310 e. The van der Waals surface area contributed by atoms with E-state index in [0.717, 1.165) is 28.8 Å². The highest BCUT2D eigenvalue weighted by atomic mass is 16.5. The van der Waals surface area contributed by atoms with E-state index in [0.29, 0.717) is 25.5 Å². The molecule has 0 unspecified atom stereocenters. The van der Waals surface area contributed by atoms with Gasteiger partial charge >= 0.3 is 5.97 Å². The average molecular weight is 362 g/mol. The van der Waals surface area contributed by atoms with Gasteiger partial charge in [0.15, 0.2) is 0 Å². The Morgan fingerprint density at radius 3 is 2.23 bits per heavy atom. The molecule has 0 fully saturated rings. The molecule has 0 radical (unpaired) electrons. The molecule has 1 aromatic rings. The average Bonchev–Trinajstić information content (AvgIpc) is 2.60. The molecule has 1 aromatic carbocycles. The maximum absolute atomic E-state index is 12.5. The van der Waals surface area contributed by atoms with Gasteiger partial charge < -0.3 is 9.64 Å². The highest BCUT2D eigenvalue weighted by Gasteiger charge is 2.28. The van der Waals surface area contributed by atoms with Gasteiger partial charge in [-0.25, -0.2) is 0 Å². The molecule has 0 aliphatic carbocycles. The highest BCUT2D eigenvalue weighted by Crippen LogP contribution is 2.32. The monoisotopic (exact) mass is 361 g/mol. The molecule has 1 aliphatic rings. The van der Waals surface area contributed by atoms with Crippen molar-refractivity contribution in [2.24, 2.45) is 5.92 Å². The van der Waals surface area contributed by atoms with Crippen molar-refractivity contribution in [2.45, 2.75) is 74.8 Å². The highest BCUT2D eigenvalue weighted by molar-refractivity contribution is 5.83. The number of hydrogen-bond acceptors (Lipinski definition) is 3. The van der Waals surface area contributed by atoms with Crippen molar-refractivity contribution in [3.05, 3.63) is 33.4 Å². The van der Waals surface area contributed by atoms with Gasteiger partial charge in [-0.1, -0.05) is 27.7 Å². The van der Waals surface area contributed by atoms with Crippen LogP contribution in [0.3, 0.4) is 0 Å². The van der Waals surface area contributed by atoms with E-state index in [2.05, 4.69) is 27.7 Å². The molecular formula is C22H35NO3. The number of amides is 1. The summed E-state index contributed by atoms with van der Waals surface area (Å²) in [6.45, 7) is 18.2. The van der Waals surface area contributed by atoms with E-state index in [-0.39, 0.29) is 18.3 Å². The Labute approximate surface area is 158 Å². The maximum atomic E-state index is 12.5. The number of ether oxygens (including phenoxy) is 1. The van der Waals surface area contributed by atoms with Crippen molar-refractivity contribution in [3.63, 3.8) is 0 Å². The van der Waals surface area contributed by atoms with Gasteiger partial charge in [-0.2, -0.15) is 0 Å². The standard InChI is InChI=1S/C20H29NO3.C2H6/c1-7-24-20(23)9-16-13(4)14(5)18-11-21(10-12(2)3)19(22)8-17(18)15(16)6;1-2/h12H,7-11H2,1-6H3;1-2H3. The minimum absolute atomic E-state index is 0.185. The zero-order valence-corrected chi connectivity index (χ0v) is 17.8. The van der Waals surface area contributed by atoms with Gasteiger partial charge in [-0.15, -0.1) is 0 Å². The van der Waals surface area contributed by atoms with Gasteiger partial charge in [-0.05, 0) is 67.0 Å². The molecule has 4 nitrogen and oxygen atoms in total. The molecule has 146 valence electrons. The van der Waals surface area contributed by atoms with E-state index in [1.807, 2.05) is 32.6 Å². The second-order valence-corrected chi connectivity index (χ2v) is 7.14. The quantitative estimate of drug-likeness (QED) is 0.735. The fraction of sp³-hybridized carbons (Fsp3) is 0.636. The number of rotatable bonds is 5. The summed E-state index contributed by atoms with van der Waals surface area (Å²) in [7, 11) is 0. The van der Waals surface area contributed by atoms with E-state index in [1.165, 1.54) is 11.1 Å². The van der Waals surface area contributed by atoms with E-state index < -0.39 is 0 Å². The lowest BCUT2D eigenvalue weighted by atomic mass is 9.83. The Morgan fingerprint density at radius 2 is 1.69 bits per heavy atom. The van der Waals surface area contributed by atoms with Gasteiger partial charge in [0.25, 0.3) is 0 Å². The fourth-order valence-electron chi connectivity index (χ4n) is 3.59. The summed E-state index contributed by atoms with van der Waals surface area (Å²) in [6.07, 6.45) is 0.717. The Kier molecular flexibility index (Phi) is 8.32. The molecule has 0 saturated heterocycles. The third-order valence-corrected chi connectivity index (χ3v) is 4.98. The van der Waals surface area contributed by atoms with E-state index in [4.69, 9.17) is 4.74 Å². The molecule has 4 heteroatoms. The van der Waals surface area contributed by atoms with Crippen molar-refractivity contribution < 1.29 is 14.3 Å². The molecule has 1 aliphatic heterocycles. The zero-order chi connectivity index (χ0) is 20.0. The van der Waals surface area contributed by atoms with Crippen LogP contribution in [0.2, 0.25) is 0 Å². The Balaban J connectivity index is 0.00000163. The van der Waals surface area contributed by atoms with Crippen molar-refractivity contribution >= 4 is 11.9 Å². The van der Waals surface area contributed by atoms with E-state index >= 15 is 0 Å². The van der Waals surface area contributed by atoms with Crippen LogP contribution in [0.4, 0.5) is 0 Å². The first-order valence-electron chi connectivity index (χ1n) is 9.79. The van der Waals surface area contributed by atoms with Gasteiger partial charge in [0.05, 0.1) is 19.4 Å². The Bertz CT molecular complexity index is 662. The first-order chi connectivity index (χ1) is 12.3. The van der Waals surface area contributed by atoms with Crippen LogP contribution in [0.1, 0.15) is 68.0 Å². The summed E-state index contributed by atoms with van der Waals surface area (Å²) in [4.78, 5) is 26.4. The van der Waals surface area contributed by atoms with Crippen LogP contribution in [0, 0.1) is 26.7 Å². The van der Waals surface area contributed by atoms with Crippen LogP contribution < -0.4 is 0 Å². The van der Waals surface area contributed by atoms with Gasteiger partial charge in [-0.3, -0.25) is 9.59 Å². The van der Waals surface area contributed by atoms with Crippen LogP contribution >= 0.6 is 0 Å². The topological polar surface area (TPSA) is 46.6 Å². The fourth-order valence-corrected chi connectivity index (χ4v) is 3.59. The third-order valence-electron chi connectivity index (χ3n) is 4.98. The Hall–Kier alpha value is -1.84. The van der Waals surface area contributed by atoms with Crippen LogP contribution in [-0.4, -0.2) is 29.9 Å². The lowest BCUT2D eigenvalue weighted by Gasteiger charge is -2.33. The van der Waals surface area contributed by atoms with Crippen LogP contribution in [0.15, 0.2) is 0 Å². The number of fused-ring (bicyclic) bond motifs is 1. The first kappa shape index (κ1) is 22.2. The molecule has 0 bridgehead atoms. The number of hydrogen-bond donors (Lipinski definition) is 0. The second kappa shape index (κ2) is 9.75. The van der Waals surface area contributed by atoms with Gasteiger partial charge in [0, 0.05) is 13.1 Å². The number of nitrogens with zero attached hydrogens (tertiary/aromatic N) is 1. The summed E-state index contributed by atoms with van der Waals surface area (Å²) >= 11 is 0. The predicted molar refractivity (Wildman–Crippen MR) is 106 cm³/mol. The summed E-state index contributed by atoms with van der Waals surface area (Å²) in [5, 5.41) is 0. The van der Waals surface area contributed by atoms with Crippen LogP contribution in [-0.2, 0) is 33.7 Å². The lowest BCUT2D eigenvalue weighted by Crippen LogP contribution is -2.39. The van der Waals surface area contributed by atoms with E-state index in [9.17, 15) is 9.59 Å². The maximum Gasteiger partial charge on any atom is 0.310 e. The van der Waals surface area contributed by atoms with Crippen LogP contribution in [0.25, 0.3) is 0 Å². The minimum Gasteiger partial charge on any atom is -0.466 e. The molecule has 26 heavy (non-hydrogen) atoms. The molecule has 0 aromatic heterocycles. The molecule has 0 N–H and O–H groups in total. The summed E-state index contributed by atoms with van der Waals surface area (Å²) in [6, 6.07) is 0. The summed E-state index contributed by atoms with van der Waals surface area (Å²) in [5.74, 6) is 0.442. The molecular weight excluding hydrogens is 326 g/mol. The number of benzene rings is 1. The van der Waals surface area contributed by atoms with Crippen molar-refractivity contribution in [3.8, 4) is 0 Å². The molecule has 0 atom stereocenters. The largest absolute Gasteiger partial charge is 0.466 e. The van der Waals surface area contributed by atoms with Crippen molar-refractivity contribution in [2.75, 3.05) is 13.2 Å². The Morgan fingerprint density at radius 1 is 1.08 bits per heavy atom. The molecule has 1 amide bonds. The number of esters is 1. The van der Waals surface area contributed by atoms with Crippen LogP contribution in [0.5, 0.6) is 0 Å². The molecule has 2 rings (SSSR count). The molecule has 0 spiro atoms. The number of carbonyl (C=O) groups is 2. The lowest BCUT2D eigenvalue weighted by molar-refractivity contribution is -0.142. The van der Waals surface area contributed by atoms with Gasteiger partial charge in [0.1, 0.15) is 0 Å². The number of carbonyl (C=O) groups excluding carboxylic acids is 2. The summed E-state index contributed by atoms with van der Waals surface area (Å²) in [5.41, 5.74) is 6.84. The third kappa shape index (κ3) is 4.87. The summed E-state index contributed by atoms with van der Waals surface area (Å²) < 4.78 is 5.11. The van der Waals surface area contributed by atoms with Crippen molar-refractivity contribution in [1.82, 2.24) is 4.90 Å². The van der Waals surface area contributed by atoms with Crippen molar-refractivity contribution in [1.29, 1.82) is 0 Å². The minimum atomic E-state index is -0.202. The zero-order valence-electron chi connectivity index (χ0n) is 17.8. The predicted octanol–water partition coefficient (Wildman–Crippen LogP) is 4.28. The first-order valence-corrected chi connectivity index (χ1v) is 9.79. The molecule has 1 heterocycles. The molecule has 0 saturated carbocycles. The van der Waals surface area contributed by atoms with Gasteiger partial charge in [0.2, 0.25) is 5.91 Å². The van der Waals surface area contributed by atoms with E-state index in [1.54, 1.807) is 0 Å². The normalized spacial score (nSPS) is 13.3.